The summed E-state index contributed by atoms with van der Waals surface area (Å²) in [6.07, 6.45) is 6.74. The molecule has 0 aromatic carbocycles. The van der Waals surface area contributed by atoms with E-state index >= 15 is 0 Å². The number of ether oxygens (including phenoxy) is 1. The van der Waals surface area contributed by atoms with Gasteiger partial charge in [-0.3, -0.25) is 4.98 Å². The highest BCUT2D eigenvalue weighted by Crippen LogP contribution is 2.33. The number of hydrogen-bond donors (Lipinski definition) is 1. The molecular formula is C19H29N3O4S. The van der Waals surface area contributed by atoms with Crippen LogP contribution in [0.25, 0.3) is 0 Å². The maximum absolute atomic E-state index is 12.6. The van der Waals surface area contributed by atoms with Crippen molar-refractivity contribution in [3.8, 4) is 0 Å². The highest BCUT2D eigenvalue weighted by Gasteiger charge is 2.42. The standard InChI is InChI=1S/C19H29N3O4S/c1-19(2,3)26-18(23)22-12-17(13-22)27(24,25)21-16-6-4-14(5-7-16)15-8-10-20-11-9-15/h8-11,14,16-17,21H,4-7,12-13H2,1-3H3. The minimum Gasteiger partial charge on any atom is -0.444 e. The smallest absolute Gasteiger partial charge is 0.410 e. The molecule has 0 atom stereocenters. The molecule has 7 nitrogen and oxygen atoms in total. The Hall–Kier alpha value is -1.67. The fourth-order valence-corrected chi connectivity index (χ4v) is 5.26. The highest BCUT2D eigenvalue weighted by atomic mass is 32.2. The van der Waals surface area contributed by atoms with Gasteiger partial charge in [-0.1, -0.05) is 0 Å². The topological polar surface area (TPSA) is 88.6 Å². The van der Waals surface area contributed by atoms with Crippen molar-refractivity contribution in [3.05, 3.63) is 30.1 Å². The minimum atomic E-state index is -3.42. The van der Waals surface area contributed by atoms with Crippen LogP contribution in [0.4, 0.5) is 4.79 Å². The van der Waals surface area contributed by atoms with Crippen LogP contribution in [-0.4, -0.2) is 54.4 Å². The summed E-state index contributed by atoms with van der Waals surface area (Å²) in [6.45, 7) is 5.77. The van der Waals surface area contributed by atoms with Gasteiger partial charge in [-0.15, -0.1) is 0 Å². The zero-order chi connectivity index (χ0) is 19.7. The SMILES string of the molecule is CC(C)(C)OC(=O)N1CC(S(=O)(=O)NC2CCC(c3ccncc3)CC2)C1. The van der Waals surface area contributed by atoms with Crippen LogP contribution >= 0.6 is 0 Å². The molecule has 8 heteroatoms. The van der Waals surface area contributed by atoms with E-state index in [4.69, 9.17) is 4.74 Å². The van der Waals surface area contributed by atoms with E-state index in [0.717, 1.165) is 25.7 Å². The van der Waals surface area contributed by atoms with Crippen LogP contribution in [0.3, 0.4) is 0 Å². The molecule has 2 heterocycles. The number of likely N-dealkylation sites (tertiary alicyclic amines) is 1. The number of amides is 1. The number of carbonyl (C=O) groups is 1. The van der Waals surface area contributed by atoms with E-state index in [9.17, 15) is 13.2 Å². The van der Waals surface area contributed by atoms with Crippen LogP contribution in [0, 0.1) is 0 Å². The highest BCUT2D eigenvalue weighted by molar-refractivity contribution is 7.90. The Morgan fingerprint density at radius 2 is 1.74 bits per heavy atom. The van der Waals surface area contributed by atoms with Gasteiger partial charge in [0.05, 0.1) is 0 Å². The average Bonchev–Trinajstić information content (AvgIpc) is 2.52. The second-order valence-corrected chi connectivity index (χ2v) is 10.5. The number of nitrogens with one attached hydrogen (secondary N) is 1. The van der Waals surface area contributed by atoms with Gasteiger partial charge in [-0.05, 0) is 70.1 Å². The first kappa shape index (κ1) is 20.1. The lowest BCUT2D eigenvalue weighted by Gasteiger charge is -2.40. The second kappa shape index (κ2) is 7.75. The molecule has 1 aliphatic heterocycles. The van der Waals surface area contributed by atoms with Crippen LogP contribution in [0.2, 0.25) is 0 Å². The largest absolute Gasteiger partial charge is 0.444 e. The number of carbonyl (C=O) groups excluding carboxylic acids is 1. The third-order valence-electron chi connectivity index (χ3n) is 5.17. The van der Waals surface area contributed by atoms with E-state index in [1.54, 1.807) is 33.2 Å². The monoisotopic (exact) mass is 395 g/mol. The molecular weight excluding hydrogens is 366 g/mol. The van der Waals surface area contributed by atoms with Gasteiger partial charge in [-0.25, -0.2) is 17.9 Å². The molecule has 1 amide bonds. The van der Waals surface area contributed by atoms with Gasteiger partial charge >= 0.3 is 6.09 Å². The van der Waals surface area contributed by atoms with E-state index in [1.165, 1.54) is 10.5 Å². The maximum Gasteiger partial charge on any atom is 0.410 e. The fraction of sp³-hybridized carbons (Fsp3) is 0.684. The van der Waals surface area contributed by atoms with Gasteiger partial charge < -0.3 is 9.64 Å². The predicted octanol–water partition coefficient (Wildman–Crippen LogP) is 2.65. The number of hydrogen-bond acceptors (Lipinski definition) is 5. The summed E-state index contributed by atoms with van der Waals surface area (Å²) in [5.74, 6) is 0.472. The summed E-state index contributed by atoms with van der Waals surface area (Å²) >= 11 is 0. The molecule has 1 aromatic heterocycles. The normalized spacial score (nSPS) is 24.3. The van der Waals surface area contributed by atoms with E-state index < -0.39 is 27.0 Å². The molecule has 2 aliphatic rings. The second-order valence-electron chi connectivity index (χ2n) is 8.50. The van der Waals surface area contributed by atoms with Crippen LogP contribution in [0.1, 0.15) is 57.9 Å². The number of sulfonamides is 1. The summed E-state index contributed by atoms with van der Waals surface area (Å²) in [4.78, 5) is 17.4. The molecule has 3 rings (SSSR count). The van der Waals surface area contributed by atoms with Gasteiger partial charge in [-0.2, -0.15) is 0 Å². The Labute approximate surface area is 161 Å². The van der Waals surface area contributed by atoms with Crippen molar-refractivity contribution in [3.63, 3.8) is 0 Å². The first-order valence-electron chi connectivity index (χ1n) is 9.53. The van der Waals surface area contributed by atoms with Crippen LogP contribution < -0.4 is 4.72 Å². The van der Waals surface area contributed by atoms with Gasteiger partial charge in [0.25, 0.3) is 0 Å². The summed E-state index contributed by atoms with van der Waals surface area (Å²) in [5, 5.41) is -0.553. The minimum absolute atomic E-state index is 0.0244. The molecule has 1 aromatic rings. The lowest BCUT2D eigenvalue weighted by atomic mass is 9.82. The molecule has 0 unspecified atom stereocenters. The number of aromatic nitrogens is 1. The van der Waals surface area contributed by atoms with Gasteiger partial charge in [0, 0.05) is 31.5 Å². The molecule has 0 radical (unpaired) electrons. The van der Waals surface area contributed by atoms with Crippen molar-refractivity contribution in [1.82, 2.24) is 14.6 Å². The molecule has 1 saturated carbocycles. The molecule has 1 aliphatic carbocycles. The first-order chi connectivity index (χ1) is 12.6. The van der Waals surface area contributed by atoms with Crippen LogP contribution in [-0.2, 0) is 14.8 Å². The number of rotatable bonds is 4. The van der Waals surface area contributed by atoms with Crippen molar-refractivity contribution >= 4 is 16.1 Å². The lowest BCUT2D eigenvalue weighted by molar-refractivity contribution is 0.0138. The van der Waals surface area contributed by atoms with Gasteiger partial charge in [0.2, 0.25) is 10.0 Å². The Morgan fingerprint density at radius 3 is 2.30 bits per heavy atom. The van der Waals surface area contributed by atoms with Gasteiger partial charge in [0.15, 0.2) is 0 Å². The third kappa shape index (κ3) is 5.19. The van der Waals surface area contributed by atoms with Gasteiger partial charge in [0.1, 0.15) is 10.9 Å². The third-order valence-corrected chi connectivity index (χ3v) is 7.01. The zero-order valence-electron chi connectivity index (χ0n) is 16.2. The molecule has 2 fully saturated rings. The molecule has 0 spiro atoms. The van der Waals surface area contributed by atoms with Crippen molar-refractivity contribution in [1.29, 1.82) is 0 Å². The quantitative estimate of drug-likeness (QED) is 0.847. The van der Waals surface area contributed by atoms with E-state index in [2.05, 4.69) is 9.71 Å². The predicted molar refractivity (Wildman–Crippen MR) is 103 cm³/mol. The fourth-order valence-electron chi connectivity index (χ4n) is 3.62. The summed E-state index contributed by atoms with van der Waals surface area (Å²) in [5.41, 5.74) is 0.700. The number of pyridine rings is 1. The van der Waals surface area contributed by atoms with Crippen molar-refractivity contribution in [2.75, 3.05) is 13.1 Å². The summed E-state index contributed by atoms with van der Waals surface area (Å²) in [7, 11) is -3.42. The van der Waals surface area contributed by atoms with E-state index in [1.807, 2.05) is 12.1 Å². The maximum atomic E-state index is 12.6. The van der Waals surface area contributed by atoms with Crippen molar-refractivity contribution < 1.29 is 17.9 Å². The molecule has 150 valence electrons. The molecule has 27 heavy (non-hydrogen) atoms. The number of nitrogens with zero attached hydrogens (tertiary/aromatic N) is 2. The molecule has 1 saturated heterocycles. The molecule has 0 bridgehead atoms. The Balaban J connectivity index is 1.46. The van der Waals surface area contributed by atoms with Crippen molar-refractivity contribution in [2.24, 2.45) is 0 Å². The Morgan fingerprint density at radius 1 is 1.15 bits per heavy atom. The van der Waals surface area contributed by atoms with E-state index in [0.29, 0.717) is 5.92 Å². The average molecular weight is 396 g/mol. The first-order valence-corrected chi connectivity index (χ1v) is 11.1. The summed E-state index contributed by atoms with van der Waals surface area (Å²) < 4.78 is 33.3. The Kier molecular flexibility index (Phi) is 5.76. The van der Waals surface area contributed by atoms with Crippen LogP contribution in [0.15, 0.2) is 24.5 Å². The Bertz CT molecular complexity index is 747. The van der Waals surface area contributed by atoms with Crippen LogP contribution in [0.5, 0.6) is 0 Å². The molecule has 1 N–H and O–H groups in total. The van der Waals surface area contributed by atoms with Crippen molar-refractivity contribution in [2.45, 2.75) is 69.3 Å². The lowest BCUT2D eigenvalue weighted by Crippen LogP contribution is -2.61. The van der Waals surface area contributed by atoms with E-state index in [-0.39, 0.29) is 19.1 Å². The summed E-state index contributed by atoms with van der Waals surface area (Å²) in [6, 6.07) is 4.05. The zero-order valence-corrected chi connectivity index (χ0v) is 17.0.